The summed E-state index contributed by atoms with van der Waals surface area (Å²) in [4.78, 5) is 14.6. The molecular formula is C19H19F3N2O2. The number of alkyl halides is 3. The van der Waals surface area contributed by atoms with Gasteiger partial charge >= 0.3 is 6.18 Å². The van der Waals surface area contributed by atoms with Crippen molar-refractivity contribution in [1.82, 2.24) is 10.2 Å². The highest BCUT2D eigenvalue weighted by Crippen LogP contribution is 2.32. The molecular weight excluding hydrogens is 345 g/mol. The maximum absolute atomic E-state index is 12.8. The first kappa shape index (κ1) is 18.3. The Bertz CT molecular complexity index is 782. The molecule has 0 saturated carbocycles. The van der Waals surface area contributed by atoms with E-state index in [4.69, 9.17) is 4.74 Å². The highest BCUT2D eigenvalue weighted by Gasteiger charge is 2.30. The number of hydrogen-bond acceptors (Lipinski definition) is 3. The second-order valence-corrected chi connectivity index (χ2v) is 6.03. The van der Waals surface area contributed by atoms with E-state index in [0.717, 1.165) is 25.2 Å². The molecule has 3 rings (SSSR count). The molecule has 1 heterocycles. The Kier molecular flexibility index (Phi) is 5.18. The average Bonchev–Trinajstić information content (AvgIpc) is 2.67. The lowest BCUT2D eigenvalue weighted by atomic mass is 10.0. The minimum atomic E-state index is -4.37. The Balaban J connectivity index is 1.93. The van der Waals surface area contributed by atoms with Crippen LogP contribution >= 0.6 is 0 Å². The van der Waals surface area contributed by atoms with E-state index in [9.17, 15) is 18.0 Å². The van der Waals surface area contributed by atoms with Crippen LogP contribution in [0, 0.1) is 0 Å². The van der Waals surface area contributed by atoms with E-state index in [1.807, 2.05) is 0 Å². The molecule has 4 nitrogen and oxygen atoms in total. The third-order valence-electron chi connectivity index (χ3n) is 4.38. The first-order chi connectivity index (χ1) is 12.4. The van der Waals surface area contributed by atoms with Crippen LogP contribution in [0.5, 0.6) is 5.75 Å². The van der Waals surface area contributed by atoms with Crippen molar-refractivity contribution in [3.05, 3.63) is 53.6 Å². The Morgan fingerprint density at radius 3 is 2.23 bits per heavy atom. The number of carbonyl (C=O) groups is 1. The predicted molar refractivity (Wildman–Crippen MR) is 92.2 cm³/mol. The molecule has 1 aliphatic rings. The van der Waals surface area contributed by atoms with E-state index in [0.29, 0.717) is 35.5 Å². The van der Waals surface area contributed by atoms with Gasteiger partial charge < -0.3 is 15.0 Å². The zero-order valence-electron chi connectivity index (χ0n) is 14.3. The van der Waals surface area contributed by atoms with E-state index in [1.165, 1.54) is 19.2 Å². The minimum absolute atomic E-state index is 0.142. The molecule has 0 aromatic heterocycles. The summed E-state index contributed by atoms with van der Waals surface area (Å²) in [5.74, 6) is 0.307. The number of amides is 1. The van der Waals surface area contributed by atoms with Crippen molar-refractivity contribution in [1.29, 1.82) is 0 Å². The van der Waals surface area contributed by atoms with Gasteiger partial charge in [0, 0.05) is 26.2 Å². The molecule has 0 unspecified atom stereocenters. The molecule has 1 aliphatic heterocycles. The van der Waals surface area contributed by atoms with Gasteiger partial charge in [-0.05, 0) is 35.4 Å². The van der Waals surface area contributed by atoms with Crippen LogP contribution in [0.25, 0.3) is 11.1 Å². The number of nitrogens with zero attached hydrogens (tertiary/aromatic N) is 1. The van der Waals surface area contributed by atoms with Crippen LogP contribution in [0.2, 0.25) is 0 Å². The number of benzene rings is 2. The van der Waals surface area contributed by atoms with Gasteiger partial charge in [-0.3, -0.25) is 4.79 Å². The lowest BCUT2D eigenvalue weighted by Crippen LogP contribution is -2.46. The van der Waals surface area contributed by atoms with Gasteiger partial charge in [-0.1, -0.05) is 18.2 Å². The smallest absolute Gasteiger partial charge is 0.416 e. The number of methoxy groups -OCH3 is 1. The minimum Gasteiger partial charge on any atom is -0.496 e. The van der Waals surface area contributed by atoms with Crippen molar-refractivity contribution in [2.75, 3.05) is 33.3 Å². The van der Waals surface area contributed by atoms with E-state index in [1.54, 1.807) is 23.1 Å². The van der Waals surface area contributed by atoms with Gasteiger partial charge in [-0.25, -0.2) is 0 Å². The Morgan fingerprint density at radius 2 is 1.65 bits per heavy atom. The Labute approximate surface area is 149 Å². The number of halogens is 3. The van der Waals surface area contributed by atoms with E-state index < -0.39 is 11.7 Å². The van der Waals surface area contributed by atoms with Crippen LogP contribution in [0.4, 0.5) is 13.2 Å². The summed E-state index contributed by atoms with van der Waals surface area (Å²) in [5, 5.41) is 3.19. The summed E-state index contributed by atoms with van der Waals surface area (Å²) in [7, 11) is 1.49. The molecule has 138 valence electrons. The summed E-state index contributed by atoms with van der Waals surface area (Å²) in [6, 6.07) is 9.96. The van der Waals surface area contributed by atoms with Gasteiger partial charge in [0.1, 0.15) is 5.75 Å². The van der Waals surface area contributed by atoms with Gasteiger partial charge in [0.15, 0.2) is 0 Å². The van der Waals surface area contributed by atoms with Crippen molar-refractivity contribution in [3.63, 3.8) is 0 Å². The van der Waals surface area contributed by atoms with Crippen molar-refractivity contribution in [3.8, 4) is 16.9 Å². The third kappa shape index (κ3) is 3.83. The molecule has 0 aliphatic carbocycles. The number of piperazine rings is 1. The molecule has 7 heteroatoms. The summed E-state index contributed by atoms with van der Waals surface area (Å²) in [6.07, 6.45) is -4.37. The van der Waals surface area contributed by atoms with Crippen molar-refractivity contribution < 1.29 is 22.7 Å². The second-order valence-electron chi connectivity index (χ2n) is 6.03. The SMILES string of the molecule is COc1ccc(-c2ccc(C(F)(F)F)cc2)cc1C(=O)N1CCNCC1. The summed E-state index contributed by atoms with van der Waals surface area (Å²) < 4.78 is 43.5. The van der Waals surface area contributed by atoms with Crippen LogP contribution in [-0.2, 0) is 6.18 Å². The highest BCUT2D eigenvalue weighted by atomic mass is 19.4. The zero-order chi connectivity index (χ0) is 18.7. The molecule has 0 atom stereocenters. The molecule has 0 spiro atoms. The zero-order valence-corrected chi connectivity index (χ0v) is 14.3. The van der Waals surface area contributed by atoms with Crippen LogP contribution in [0.3, 0.4) is 0 Å². The first-order valence-corrected chi connectivity index (χ1v) is 8.26. The number of carbonyl (C=O) groups excluding carboxylic acids is 1. The van der Waals surface area contributed by atoms with Gasteiger partial charge in [0.2, 0.25) is 0 Å². The van der Waals surface area contributed by atoms with Crippen LogP contribution < -0.4 is 10.1 Å². The standard InChI is InChI=1S/C19H19F3N2O2/c1-26-17-7-4-14(13-2-5-15(6-3-13)19(20,21)22)12-16(17)18(25)24-10-8-23-9-11-24/h2-7,12,23H,8-11H2,1H3. The molecule has 2 aromatic rings. The van der Waals surface area contributed by atoms with Crippen LogP contribution in [0.1, 0.15) is 15.9 Å². The molecule has 26 heavy (non-hydrogen) atoms. The first-order valence-electron chi connectivity index (χ1n) is 8.26. The van der Waals surface area contributed by atoms with Gasteiger partial charge in [0.05, 0.1) is 18.2 Å². The maximum atomic E-state index is 12.8. The number of nitrogens with one attached hydrogen (secondary N) is 1. The fourth-order valence-electron chi connectivity index (χ4n) is 2.94. The Hall–Kier alpha value is -2.54. The van der Waals surface area contributed by atoms with E-state index in [2.05, 4.69) is 5.32 Å². The van der Waals surface area contributed by atoms with Crippen molar-refractivity contribution in [2.24, 2.45) is 0 Å². The normalized spacial score (nSPS) is 15.0. The van der Waals surface area contributed by atoms with E-state index in [-0.39, 0.29) is 5.91 Å². The molecule has 1 saturated heterocycles. The third-order valence-corrected chi connectivity index (χ3v) is 4.38. The quantitative estimate of drug-likeness (QED) is 0.907. The van der Waals surface area contributed by atoms with Crippen molar-refractivity contribution >= 4 is 5.91 Å². The highest BCUT2D eigenvalue weighted by molar-refractivity contribution is 5.98. The number of rotatable bonds is 3. The molecule has 0 radical (unpaired) electrons. The fraction of sp³-hybridized carbons (Fsp3) is 0.316. The monoisotopic (exact) mass is 364 g/mol. The molecule has 2 aromatic carbocycles. The van der Waals surface area contributed by atoms with Crippen molar-refractivity contribution in [2.45, 2.75) is 6.18 Å². The maximum Gasteiger partial charge on any atom is 0.416 e. The topological polar surface area (TPSA) is 41.6 Å². The summed E-state index contributed by atoms with van der Waals surface area (Å²) >= 11 is 0. The summed E-state index contributed by atoms with van der Waals surface area (Å²) in [6.45, 7) is 2.66. The number of hydrogen-bond donors (Lipinski definition) is 1. The number of ether oxygens (including phenoxy) is 1. The molecule has 1 amide bonds. The lowest BCUT2D eigenvalue weighted by molar-refractivity contribution is -0.137. The molecule has 0 bridgehead atoms. The van der Waals surface area contributed by atoms with Crippen LogP contribution in [0.15, 0.2) is 42.5 Å². The lowest BCUT2D eigenvalue weighted by Gasteiger charge is -2.28. The van der Waals surface area contributed by atoms with Crippen LogP contribution in [-0.4, -0.2) is 44.1 Å². The Morgan fingerprint density at radius 1 is 1.04 bits per heavy atom. The molecule has 1 N–H and O–H groups in total. The van der Waals surface area contributed by atoms with Gasteiger partial charge in [0.25, 0.3) is 5.91 Å². The van der Waals surface area contributed by atoms with Gasteiger partial charge in [-0.2, -0.15) is 13.2 Å². The largest absolute Gasteiger partial charge is 0.496 e. The van der Waals surface area contributed by atoms with Gasteiger partial charge in [-0.15, -0.1) is 0 Å². The molecule has 1 fully saturated rings. The fourth-order valence-corrected chi connectivity index (χ4v) is 2.94. The average molecular weight is 364 g/mol. The van der Waals surface area contributed by atoms with E-state index >= 15 is 0 Å². The second kappa shape index (κ2) is 7.37. The predicted octanol–water partition coefficient (Wildman–Crippen LogP) is 3.43. The summed E-state index contributed by atoms with van der Waals surface area (Å²) in [5.41, 5.74) is 0.978.